The predicted octanol–water partition coefficient (Wildman–Crippen LogP) is 4.17. The molecular formula is C19H27F3NO5P. The molecule has 0 aliphatic rings. The summed E-state index contributed by atoms with van der Waals surface area (Å²) in [6.07, 6.45) is -4.83. The molecule has 0 saturated carbocycles. The standard InChI is InChI=1S/C19H27F3NO5P/c1-4-28-29(26,27)12-23-18(25)15(9-13(2)3)11-17(24)10-14-5-7-16(8-6-14)19(20,21)22/h5-8,13,15H,4,9-12H2,1-3H3,(H,23,25)(H,26,27)/t15-/m1/s1. The van der Waals surface area contributed by atoms with Crippen molar-refractivity contribution in [1.29, 1.82) is 0 Å². The van der Waals surface area contributed by atoms with E-state index in [0.717, 1.165) is 12.1 Å². The Morgan fingerprint density at radius 3 is 2.28 bits per heavy atom. The van der Waals surface area contributed by atoms with Crippen LogP contribution in [0.4, 0.5) is 13.2 Å². The molecule has 1 rings (SSSR count). The van der Waals surface area contributed by atoms with E-state index in [0.29, 0.717) is 12.0 Å². The van der Waals surface area contributed by atoms with Crippen LogP contribution in [-0.4, -0.2) is 29.5 Å². The summed E-state index contributed by atoms with van der Waals surface area (Å²) in [5, 5.41) is 2.35. The Morgan fingerprint density at radius 2 is 1.79 bits per heavy atom. The molecule has 0 aromatic heterocycles. The van der Waals surface area contributed by atoms with Gasteiger partial charge in [-0.25, -0.2) is 0 Å². The topological polar surface area (TPSA) is 92.7 Å². The Bertz CT molecular complexity index is 734. The van der Waals surface area contributed by atoms with E-state index in [4.69, 9.17) is 0 Å². The van der Waals surface area contributed by atoms with Gasteiger partial charge in [0.25, 0.3) is 0 Å². The number of amides is 1. The molecule has 29 heavy (non-hydrogen) atoms. The number of Topliss-reactive ketones (excluding diaryl/α,β-unsaturated/α-hetero) is 1. The third kappa shape index (κ3) is 9.56. The van der Waals surface area contributed by atoms with Crippen LogP contribution in [0.2, 0.25) is 0 Å². The van der Waals surface area contributed by atoms with E-state index in [1.54, 1.807) is 6.92 Å². The molecule has 0 bridgehead atoms. The van der Waals surface area contributed by atoms with E-state index in [1.165, 1.54) is 12.1 Å². The average Bonchev–Trinajstić information content (AvgIpc) is 2.58. The molecule has 1 aromatic carbocycles. The van der Waals surface area contributed by atoms with Gasteiger partial charge in [0.05, 0.1) is 12.2 Å². The second-order valence-corrected chi connectivity index (χ2v) is 9.04. The van der Waals surface area contributed by atoms with E-state index < -0.39 is 37.4 Å². The Balaban J connectivity index is 2.73. The number of alkyl halides is 3. The van der Waals surface area contributed by atoms with Gasteiger partial charge in [-0.15, -0.1) is 0 Å². The van der Waals surface area contributed by atoms with Gasteiger partial charge in [-0.3, -0.25) is 14.2 Å². The van der Waals surface area contributed by atoms with Crippen LogP contribution in [-0.2, 0) is 31.3 Å². The number of nitrogens with one attached hydrogen (secondary N) is 1. The second kappa shape index (κ2) is 10.9. The summed E-state index contributed by atoms with van der Waals surface area (Å²) in [5.41, 5.74) is -0.378. The molecule has 0 aliphatic carbocycles. The minimum Gasteiger partial charge on any atom is -0.344 e. The van der Waals surface area contributed by atoms with Crippen molar-refractivity contribution in [3.63, 3.8) is 0 Å². The lowest BCUT2D eigenvalue weighted by Gasteiger charge is -2.19. The normalized spacial score (nSPS) is 15.0. The smallest absolute Gasteiger partial charge is 0.344 e. The maximum atomic E-state index is 12.6. The van der Waals surface area contributed by atoms with E-state index in [1.807, 2.05) is 13.8 Å². The highest BCUT2D eigenvalue weighted by molar-refractivity contribution is 7.52. The van der Waals surface area contributed by atoms with Crippen LogP contribution in [0.5, 0.6) is 0 Å². The predicted molar refractivity (Wildman–Crippen MR) is 102 cm³/mol. The lowest BCUT2D eigenvalue weighted by Crippen LogP contribution is -2.34. The molecule has 10 heteroatoms. The van der Waals surface area contributed by atoms with Crippen molar-refractivity contribution < 1.29 is 36.7 Å². The number of hydrogen-bond acceptors (Lipinski definition) is 4. The highest BCUT2D eigenvalue weighted by atomic mass is 31.2. The maximum absolute atomic E-state index is 12.6. The van der Waals surface area contributed by atoms with Crippen LogP contribution >= 0.6 is 7.60 Å². The summed E-state index contributed by atoms with van der Waals surface area (Å²) in [4.78, 5) is 34.3. The first kappa shape index (κ1) is 25.3. The summed E-state index contributed by atoms with van der Waals surface area (Å²) in [7, 11) is -3.94. The quantitative estimate of drug-likeness (QED) is 0.507. The fourth-order valence-electron chi connectivity index (χ4n) is 2.81. The van der Waals surface area contributed by atoms with Gasteiger partial charge in [-0.05, 0) is 37.0 Å². The third-order valence-corrected chi connectivity index (χ3v) is 5.29. The van der Waals surface area contributed by atoms with E-state index in [9.17, 15) is 32.2 Å². The van der Waals surface area contributed by atoms with E-state index in [2.05, 4.69) is 9.84 Å². The van der Waals surface area contributed by atoms with Crippen molar-refractivity contribution in [3.8, 4) is 0 Å². The molecule has 0 saturated heterocycles. The van der Waals surface area contributed by atoms with Crippen LogP contribution in [0, 0.1) is 11.8 Å². The number of carbonyl (C=O) groups is 2. The molecule has 1 unspecified atom stereocenters. The van der Waals surface area contributed by atoms with Crippen molar-refractivity contribution in [2.45, 2.75) is 46.2 Å². The first-order valence-corrected chi connectivity index (χ1v) is 11.0. The SMILES string of the molecule is CCOP(=O)(O)CNC(=O)[C@@H](CC(=O)Cc1ccc(C(F)(F)F)cc1)CC(C)C. The highest BCUT2D eigenvalue weighted by Crippen LogP contribution is 2.40. The molecule has 6 nitrogen and oxygen atoms in total. The molecule has 0 aliphatic heterocycles. The van der Waals surface area contributed by atoms with Gasteiger partial charge in [0.1, 0.15) is 12.1 Å². The van der Waals surface area contributed by atoms with E-state index in [-0.39, 0.29) is 31.1 Å². The van der Waals surface area contributed by atoms with Crippen LogP contribution in [0.1, 0.15) is 44.7 Å². The molecule has 0 fully saturated rings. The molecule has 2 N–H and O–H groups in total. The van der Waals surface area contributed by atoms with Gasteiger partial charge in [0.2, 0.25) is 5.91 Å². The van der Waals surface area contributed by atoms with Crippen molar-refractivity contribution in [1.82, 2.24) is 5.32 Å². The van der Waals surface area contributed by atoms with Gasteiger partial charge >= 0.3 is 13.8 Å². The Kier molecular flexibility index (Phi) is 9.52. The fourth-order valence-corrected chi connectivity index (χ4v) is 3.66. The lowest BCUT2D eigenvalue weighted by atomic mass is 9.90. The average molecular weight is 437 g/mol. The summed E-state index contributed by atoms with van der Waals surface area (Å²) in [5.74, 6) is -1.45. The molecule has 164 valence electrons. The number of rotatable bonds is 11. The van der Waals surface area contributed by atoms with Crippen molar-refractivity contribution in [2.24, 2.45) is 11.8 Å². The summed E-state index contributed by atoms with van der Waals surface area (Å²) in [6, 6.07) is 4.30. The zero-order valence-corrected chi connectivity index (χ0v) is 17.6. The Hall–Kier alpha value is -1.70. The van der Waals surface area contributed by atoms with Gasteiger partial charge in [0, 0.05) is 18.8 Å². The van der Waals surface area contributed by atoms with Crippen molar-refractivity contribution in [2.75, 3.05) is 12.9 Å². The zero-order chi connectivity index (χ0) is 22.2. The van der Waals surface area contributed by atoms with Gasteiger partial charge in [-0.2, -0.15) is 13.2 Å². The molecular weight excluding hydrogens is 410 g/mol. The molecule has 1 aromatic rings. The van der Waals surface area contributed by atoms with Crippen molar-refractivity contribution >= 4 is 19.3 Å². The van der Waals surface area contributed by atoms with Crippen LogP contribution in [0.15, 0.2) is 24.3 Å². The monoisotopic (exact) mass is 437 g/mol. The van der Waals surface area contributed by atoms with Crippen LogP contribution in [0.25, 0.3) is 0 Å². The Labute approximate surface area is 168 Å². The summed E-state index contributed by atoms with van der Waals surface area (Å²) < 4.78 is 54.2. The van der Waals surface area contributed by atoms with Gasteiger partial charge in [-0.1, -0.05) is 26.0 Å². The van der Waals surface area contributed by atoms with Crippen molar-refractivity contribution in [3.05, 3.63) is 35.4 Å². The fraction of sp³-hybridized carbons (Fsp3) is 0.579. The molecule has 0 spiro atoms. The number of ketones is 1. The van der Waals surface area contributed by atoms with Gasteiger partial charge in [0.15, 0.2) is 0 Å². The largest absolute Gasteiger partial charge is 0.416 e. The summed E-state index contributed by atoms with van der Waals surface area (Å²) in [6.45, 7) is 5.31. The highest BCUT2D eigenvalue weighted by Gasteiger charge is 2.30. The number of halogens is 3. The minimum absolute atomic E-state index is 0.0185. The minimum atomic E-state index is -4.45. The molecule has 0 radical (unpaired) electrons. The second-order valence-electron chi connectivity index (χ2n) is 7.20. The number of carbonyl (C=O) groups excluding carboxylic acids is 2. The van der Waals surface area contributed by atoms with Crippen LogP contribution in [0.3, 0.4) is 0 Å². The first-order chi connectivity index (χ1) is 13.3. The molecule has 2 atom stereocenters. The molecule has 1 amide bonds. The summed E-state index contributed by atoms with van der Waals surface area (Å²) >= 11 is 0. The Morgan fingerprint density at radius 1 is 1.21 bits per heavy atom. The van der Waals surface area contributed by atoms with Crippen LogP contribution < -0.4 is 5.32 Å². The zero-order valence-electron chi connectivity index (χ0n) is 16.7. The lowest BCUT2D eigenvalue weighted by molar-refractivity contribution is -0.137. The third-order valence-electron chi connectivity index (χ3n) is 4.07. The molecule has 0 heterocycles. The number of benzene rings is 1. The first-order valence-electron chi connectivity index (χ1n) is 9.26. The van der Waals surface area contributed by atoms with E-state index >= 15 is 0 Å². The van der Waals surface area contributed by atoms with Gasteiger partial charge < -0.3 is 14.7 Å². The maximum Gasteiger partial charge on any atom is 0.416 e. The number of hydrogen-bond donors (Lipinski definition) is 2.